The second-order valence-electron chi connectivity index (χ2n) is 1.62. The zero-order valence-corrected chi connectivity index (χ0v) is 5.03. The highest BCUT2D eigenvalue weighted by molar-refractivity contribution is 4.60. The van der Waals surface area contributed by atoms with E-state index in [0.29, 0.717) is 0 Å². The van der Waals surface area contributed by atoms with Gasteiger partial charge in [0.05, 0.1) is 7.05 Å². The number of rotatable bonds is 1. The molecule has 0 amide bonds. The maximum absolute atomic E-state index is 4.83. The average Bonchev–Trinajstić information content (AvgIpc) is 2.14. The van der Waals surface area contributed by atoms with Crippen molar-refractivity contribution in [3.63, 3.8) is 0 Å². The molecule has 44 valence electrons. The molecular weight excluding hydrogens is 104 g/mol. The lowest BCUT2D eigenvalue weighted by Crippen LogP contribution is -2.37. The highest BCUT2D eigenvalue weighted by Gasteiger charge is 1.94. The van der Waals surface area contributed by atoms with Crippen LogP contribution >= 0.6 is 0 Å². The van der Waals surface area contributed by atoms with Crippen molar-refractivity contribution in [2.24, 2.45) is 7.05 Å². The fraction of sp³-hybridized carbons (Fsp3) is 0.400. The van der Waals surface area contributed by atoms with Crippen LogP contribution in [0.5, 0.6) is 0 Å². The molecule has 0 radical (unpaired) electrons. The molecule has 0 saturated heterocycles. The molecule has 0 aliphatic rings. The molecule has 3 heteroatoms. The Balaban J connectivity index is 2.84. The van der Waals surface area contributed by atoms with Crippen LogP contribution in [0.25, 0.3) is 0 Å². The molecule has 0 unspecified atom stereocenters. The van der Waals surface area contributed by atoms with Crippen LogP contribution in [0.4, 0.5) is 0 Å². The van der Waals surface area contributed by atoms with E-state index in [2.05, 4.69) is 0 Å². The van der Waals surface area contributed by atoms with Crippen molar-refractivity contribution in [1.29, 1.82) is 0 Å². The van der Waals surface area contributed by atoms with Gasteiger partial charge in [0.1, 0.15) is 13.3 Å². The normalized spacial score (nSPS) is 9.25. The van der Waals surface area contributed by atoms with E-state index in [1.54, 1.807) is 11.8 Å². The van der Waals surface area contributed by atoms with Gasteiger partial charge in [-0.3, -0.25) is 0 Å². The Morgan fingerprint density at radius 2 is 2.38 bits per heavy atom. The molecule has 3 nitrogen and oxygen atoms in total. The maximum Gasteiger partial charge on any atom is 0.284 e. The van der Waals surface area contributed by atoms with Crippen LogP contribution < -0.4 is 9.57 Å². The number of aromatic nitrogens is 2. The summed E-state index contributed by atoms with van der Waals surface area (Å²) < 4.78 is 3.53. The first kappa shape index (κ1) is 5.15. The zero-order valence-electron chi connectivity index (χ0n) is 5.03. The summed E-state index contributed by atoms with van der Waals surface area (Å²) in [7, 11) is 3.56. The number of hydrogen-bond donors (Lipinski definition) is 0. The summed E-state index contributed by atoms with van der Waals surface area (Å²) in [4.78, 5) is 4.83. The predicted molar refractivity (Wildman–Crippen MR) is 28.1 cm³/mol. The van der Waals surface area contributed by atoms with Crippen molar-refractivity contribution in [2.75, 3.05) is 7.11 Å². The van der Waals surface area contributed by atoms with Crippen LogP contribution in [0.15, 0.2) is 18.7 Å². The third-order valence-corrected chi connectivity index (χ3v) is 0.955. The second kappa shape index (κ2) is 1.86. The third-order valence-electron chi connectivity index (χ3n) is 0.955. The predicted octanol–water partition coefficient (Wildman–Crippen LogP) is -0.629. The first-order valence-electron chi connectivity index (χ1n) is 2.40. The highest BCUT2D eigenvalue weighted by atomic mass is 16.6. The molecule has 0 atom stereocenters. The van der Waals surface area contributed by atoms with Crippen molar-refractivity contribution >= 4 is 0 Å². The van der Waals surface area contributed by atoms with E-state index in [0.717, 1.165) is 0 Å². The van der Waals surface area contributed by atoms with Gasteiger partial charge in [0.25, 0.3) is 6.33 Å². The lowest BCUT2D eigenvalue weighted by atomic mass is 10.9. The van der Waals surface area contributed by atoms with Crippen molar-refractivity contribution in [1.82, 2.24) is 4.57 Å². The van der Waals surface area contributed by atoms with Crippen molar-refractivity contribution in [3.8, 4) is 0 Å². The lowest BCUT2D eigenvalue weighted by molar-refractivity contribution is -0.885. The maximum atomic E-state index is 4.83. The minimum atomic E-state index is 1.62. The molecule has 0 saturated carbocycles. The Bertz CT molecular complexity index is 171. The monoisotopic (exact) mass is 113 g/mol. The van der Waals surface area contributed by atoms with Crippen LogP contribution in [0, 0.1) is 0 Å². The number of nitrogens with zero attached hydrogens (tertiary/aromatic N) is 2. The molecule has 0 aliphatic carbocycles. The van der Waals surface area contributed by atoms with Gasteiger partial charge in [0.2, 0.25) is 0 Å². The van der Waals surface area contributed by atoms with Gasteiger partial charge < -0.3 is 4.84 Å². The van der Waals surface area contributed by atoms with E-state index in [4.69, 9.17) is 4.84 Å². The van der Waals surface area contributed by atoms with Crippen molar-refractivity contribution in [3.05, 3.63) is 18.7 Å². The van der Waals surface area contributed by atoms with Gasteiger partial charge in [0.15, 0.2) is 6.20 Å². The van der Waals surface area contributed by atoms with Crippen LogP contribution in [0.1, 0.15) is 0 Å². The standard InChI is InChI=1S/C5H9N2O/c1-6-3-4-7(5-6)8-2/h3-5H,1-2H3/q+1. The van der Waals surface area contributed by atoms with Gasteiger partial charge in [0, 0.05) is 0 Å². The molecule has 1 aromatic rings. The van der Waals surface area contributed by atoms with Gasteiger partial charge in [-0.25, -0.2) is 4.57 Å². The topological polar surface area (TPSA) is 18.0 Å². The molecule has 0 fully saturated rings. The van der Waals surface area contributed by atoms with Gasteiger partial charge in [-0.1, -0.05) is 4.73 Å². The summed E-state index contributed by atoms with van der Waals surface area (Å²) in [5, 5.41) is 0. The summed E-state index contributed by atoms with van der Waals surface area (Å²) >= 11 is 0. The van der Waals surface area contributed by atoms with Gasteiger partial charge in [-0.05, 0) is 0 Å². The first-order chi connectivity index (χ1) is 3.83. The molecule has 0 spiro atoms. The quantitative estimate of drug-likeness (QED) is 0.443. The van der Waals surface area contributed by atoms with Gasteiger partial charge in [-0.2, -0.15) is 0 Å². The van der Waals surface area contributed by atoms with Crippen LogP contribution in [-0.4, -0.2) is 11.7 Å². The van der Waals surface area contributed by atoms with E-state index in [1.807, 2.05) is 30.3 Å². The average molecular weight is 113 g/mol. The largest absolute Gasteiger partial charge is 0.339 e. The molecule has 0 bridgehead atoms. The molecule has 0 aromatic carbocycles. The van der Waals surface area contributed by atoms with E-state index in [-0.39, 0.29) is 0 Å². The minimum absolute atomic E-state index is 1.62. The summed E-state index contributed by atoms with van der Waals surface area (Å²) in [5.41, 5.74) is 0. The molecule has 1 heterocycles. The third kappa shape index (κ3) is 0.804. The molecule has 8 heavy (non-hydrogen) atoms. The second-order valence-corrected chi connectivity index (χ2v) is 1.62. The Morgan fingerprint density at radius 1 is 1.62 bits per heavy atom. The van der Waals surface area contributed by atoms with E-state index < -0.39 is 0 Å². The highest BCUT2D eigenvalue weighted by Crippen LogP contribution is 1.71. The Hall–Kier alpha value is -0.990. The zero-order chi connectivity index (χ0) is 5.98. The molecule has 0 aliphatic heterocycles. The van der Waals surface area contributed by atoms with E-state index in [1.165, 1.54) is 0 Å². The van der Waals surface area contributed by atoms with Gasteiger partial charge >= 0.3 is 0 Å². The van der Waals surface area contributed by atoms with E-state index >= 15 is 0 Å². The fourth-order valence-corrected chi connectivity index (χ4v) is 0.535. The van der Waals surface area contributed by atoms with Crippen LogP contribution in [-0.2, 0) is 7.05 Å². The summed E-state index contributed by atoms with van der Waals surface area (Å²) in [6, 6.07) is 0. The fourth-order valence-electron chi connectivity index (χ4n) is 0.535. The van der Waals surface area contributed by atoms with E-state index in [9.17, 15) is 0 Å². The van der Waals surface area contributed by atoms with Crippen LogP contribution in [0.3, 0.4) is 0 Å². The molecule has 1 aromatic heterocycles. The van der Waals surface area contributed by atoms with Crippen LogP contribution in [0.2, 0.25) is 0 Å². The number of aryl methyl sites for hydroxylation is 1. The Labute approximate surface area is 48.1 Å². The lowest BCUT2D eigenvalue weighted by Gasteiger charge is -1.84. The Morgan fingerprint density at radius 3 is 2.62 bits per heavy atom. The minimum Gasteiger partial charge on any atom is -0.339 e. The number of hydrogen-bond acceptors (Lipinski definition) is 1. The first-order valence-corrected chi connectivity index (χ1v) is 2.40. The molecule has 0 N–H and O–H groups in total. The molecular formula is C5H9N2O+. The Kier molecular flexibility index (Phi) is 1.20. The smallest absolute Gasteiger partial charge is 0.284 e. The van der Waals surface area contributed by atoms with Crippen molar-refractivity contribution in [2.45, 2.75) is 0 Å². The summed E-state index contributed by atoms with van der Waals surface area (Å²) in [6.45, 7) is 0. The summed E-state index contributed by atoms with van der Waals surface area (Å²) in [6.07, 6.45) is 5.57. The SMILES string of the molecule is CO[n+]1ccn(C)c1. The molecule has 1 rings (SSSR count). The van der Waals surface area contributed by atoms with Gasteiger partial charge in [-0.15, -0.1) is 0 Å². The van der Waals surface area contributed by atoms with Crippen molar-refractivity contribution < 1.29 is 9.57 Å². The summed E-state index contributed by atoms with van der Waals surface area (Å²) in [5.74, 6) is 0. The number of imidazole rings is 1.